The maximum absolute atomic E-state index is 15.2. The molecule has 0 bridgehead atoms. The molecule has 1 aromatic carbocycles. The first-order chi connectivity index (χ1) is 15.8. The Hall–Kier alpha value is -1.91. The standard InChI is InChI=1S/C29H33F5/c1-17-5-8-19(9-6-17)23-16-26(3)24(13-14-27(26,4)28(30,31)29(32,33)34)22-12-10-20-15-18(2)7-11-21(20)25(22)23/h5-6,8-9,15,22-24H,2,7,10-14,16H2,1,3-4H3/t22?,23?,24?,26?,27-/m1/s1. The molecule has 5 rings (SSSR count). The number of allylic oxidation sites excluding steroid dienone is 5. The second-order valence-corrected chi connectivity index (χ2v) is 11.5. The molecule has 0 saturated heterocycles. The lowest BCUT2D eigenvalue weighted by Gasteiger charge is -2.57. The van der Waals surface area contributed by atoms with Crippen LogP contribution in [0.3, 0.4) is 0 Å². The molecule has 2 fully saturated rings. The van der Waals surface area contributed by atoms with Crippen LogP contribution < -0.4 is 0 Å². The molecule has 34 heavy (non-hydrogen) atoms. The summed E-state index contributed by atoms with van der Waals surface area (Å²) < 4.78 is 71.6. The topological polar surface area (TPSA) is 0 Å². The van der Waals surface area contributed by atoms with Crippen molar-refractivity contribution in [3.8, 4) is 0 Å². The third-order valence-corrected chi connectivity index (χ3v) is 9.99. The van der Waals surface area contributed by atoms with Crippen LogP contribution in [0.5, 0.6) is 0 Å². The quantitative estimate of drug-likeness (QED) is 0.374. The van der Waals surface area contributed by atoms with E-state index in [2.05, 4.69) is 12.7 Å². The van der Waals surface area contributed by atoms with E-state index in [4.69, 9.17) is 0 Å². The van der Waals surface area contributed by atoms with E-state index >= 15 is 8.78 Å². The van der Waals surface area contributed by atoms with Gasteiger partial charge in [0.15, 0.2) is 0 Å². The third kappa shape index (κ3) is 3.14. The van der Waals surface area contributed by atoms with E-state index in [9.17, 15) is 13.2 Å². The Morgan fingerprint density at radius 1 is 0.941 bits per heavy atom. The van der Waals surface area contributed by atoms with Gasteiger partial charge in [-0.15, -0.1) is 0 Å². The van der Waals surface area contributed by atoms with Gasteiger partial charge in [0.2, 0.25) is 0 Å². The molecule has 0 aliphatic heterocycles. The first kappa shape index (κ1) is 23.8. The van der Waals surface area contributed by atoms with E-state index in [1.807, 2.05) is 31.2 Å². The van der Waals surface area contributed by atoms with Crippen molar-refractivity contribution in [2.75, 3.05) is 0 Å². The van der Waals surface area contributed by atoms with Crippen LogP contribution in [-0.4, -0.2) is 12.1 Å². The summed E-state index contributed by atoms with van der Waals surface area (Å²) in [6.07, 6.45) is 0.706. The summed E-state index contributed by atoms with van der Waals surface area (Å²) in [5.41, 5.74) is 3.95. The number of hydrogen-bond acceptors (Lipinski definition) is 0. The van der Waals surface area contributed by atoms with Crippen molar-refractivity contribution in [3.63, 3.8) is 0 Å². The van der Waals surface area contributed by atoms with Gasteiger partial charge in [0, 0.05) is 11.3 Å². The van der Waals surface area contributed by atoms with E-state index in [1.165, 1.54) is 23.6 Å². The highest BCUT2D eigenvalue weighted by Crippen LogP contribution is 2.74. The van der Waals surface area contributed by atoms with Crippen molar-refractivity contribution < 1.29 is 22.0 Å². The largest absolute Gasteiger partial charge is 0.453 e. The fraction of sp³-hybridized carbons (Fsp3) is 0.586. The number of benzene rings is 1. The fourth-order valence-electron chi connectivity index (χ4n) is 7.92. The van der Waals surface area contributed by atoms with Gasteiger partial charge in [-0.2, -0.15) is 22.0 Å². The second-order valence-electron chi connectivity index (χ2n) is 11.5. The molecule has 5 heteroatoms. The zero-order valence-corrected chi connectivity index (χ0v) is 20.2. The summed E-state index contributed by atoms with van der Waals surface area (Å²) in [7, 11) is 0. The number of hydrogen-bond donors (Lipinski definition) is 0. The summed E-state index contributed by atoms with van der Waals surface area (Å²) in [5, 5.41) is 0. The van der Waals surface area contributed by atoms with Crippen LogP contribution in [0.1, 0.15) is 75.8 Å². The predicted octanol–water partition coefficient (Wildman–Crippen LogP) is 9.09. The van der Waals surface area contributed by atoms with E-state index < -0.39 is 22.9 Å². The smallest absolute Gasteiger partial charge is 0.196 e. The minimum Gasteiger partial charge on any atom is -0.196 e. The van der Waals surface area contributed by atoms with Gasteiger partial charge in [0.05, 0.1) is 0 Å². The van der Waals surface area contributed by atoms with Crippen LogP contribution in [0.2, 0.25) is 0 Å². The highest BCUT2D eigenvalue weighted by atomic mass is 19.4. The Morgan fingerprint density at radius 3 is 2.26 bits per heavy atom. The van der Waals surface area contributed by atoms with Crippen LogP contribution in [0.15, 0.2) is 59.2 Å². The number of fused-ring (bicyclic) bond motifs is 4. The maximum Gasteiger partial charge on any atom is 0.453 e. The highest BCUT2D eigenvalue weighted by Gasteiger charge is 2.77. The van der Waals surface area contributed by atoms with Crippen molar-refractivity contribution in [2.45, 2.75) is 83.7 Å². The van der Waals surface area contributed by atoms with Gasteiger partial charge in [-0.05, 0) is 85.8 Å². The first-order valence-corrected chi connectivity index (χ1v) is 12.4. The Morgan fingerprint density at radius 2 is 1.62 bits per heavy atom. The zero-order valence-electron chi connectivity index (χ0n) is 20.2. The van der Waals surface area contributed by atoms with Crippen LogP contribution in [0.25, 0.3) is 0 Å². The highest BCUT2D eigenvalue weighted by molar-refractivity contribution is 5.51. The van der Waals surface area contributed by atoms with Crippen molar-refractivity contribution in [1.82, 2.24) is 0 Å². The van der Waals surface area contributed by atoms with Gasteiger partial charge < -0.3 is 0 Å². The molecular weight excluding hydrogens is 443 g/mol. The normalized spacial score (nSPS) is 36.1. The first-order valence-electron chi connectivity index (χ1n) is 12.4. The van der Waals surface area contributed by atoms with Crippen molar-refractivity contribution >= 4 is 0 Å². The van der Waals surface area contributed by atoms with Gasteiger partial charge in [-0.3, -0.25) is 0 Å². The number of alkyl halides is 5. The van der Waals surface area contributed by atoms with Gasteiger partial charge in [-0.25, -0.2) is 0 Å². The Kier molecular flexibility index (Phi) is 5.28. The number of halogens is 5. The van der Waals surface area contributed by atoms with Crippen LogP contribution in [0, 0.1) is 29.6 Å². The van der Waals surface area contributed by atoms with E-state index in [1.54, 1.807) is 6.92 Å². The molecule has 5 atom stereocenters. The molecule has 184 valence electrons. The molecule has 4 unspecified atom stereocenters. The Labute approximate surface area is 199 Å². The SMILES string of the molecule is C=C1C=C2CCC3C(=C2CC1)C(c1ccc(C)cc1)CC1(C)C3CC[C@@]1(C)C(F)(F)C(F)(F)F. The van der Waals surface area contributed by atoms with Gasteiger partial charge >= 0.3 is 12.1 Å². The fourth-order valence-corrected chi connectivity index (χ4v) is 7.92. The summed E-state index contributed by atoms with van der Waals surface area (Å²) >= 11 is 0. The zero-order chi connectivity index (χ0) is 24.7. The maximum atomic E-state index is 15.2. The second kappa shape index (κ2) is 7.54. The Bertz CT molecular complexity index is 1070. The van der Waals surface area contributed by atoms with Crippen LogP contribution in [-0.2, 0) is 0 Å². The summed E-state index contributed by atoms with van der Waals surface area (Å²) in [4.78, 5) is 0. The minimum absolute atomic E-state index is 0.0504. The average molecular weight is 477 g/mol. The molecule has 0 N–H and O–H groups in total. The van der Waals surface area contributed by atoms with Crippen molar-refractivity contribution in [1.29, 1.82) is 0 Å². The van der Waals surface area contributed by atoms with Crippen molar-refractivity contribution in [2.24, 2.45) is 22.7 Å². The lowest BCUT2D eigenvalue weighted by Crippen LogP contribution is -2.59. The van der Waals surface area contributed by atoms with Gasteiger partial charge in [-0.1, -0.05) is 67.5 Å². The number of rotatable bonds is 2. The molecule has 0 aromatic heterocycles. The lowest BCUT2D eigenvalue weighted by atomic mass is 9.48. The minimum atomic E-state index is -5.55. The molecule has 1 aromatic rings. The summed E-state index contributed by atoms with van der Waals surface area (Å²) in [5.74, 6) is -4.98. The number of aryl methyl sites for hydroxylation is 1. The monoisotopic (exact) mass is 476 g/mol. The van der Waals surface area contributed by atoms with E-state index in [0.29, 0.717) is 12.8 Å². The molecular formula is C29H33F5. The van der Waals surface area contributed by atoms with E-state index in [-0.39, 0.29) is 24.2 Å². The van der Waals surface area contributed by atoms with Gasteiger partial charge in [0.25, 0.3) is 0 Å². The molecule has 4 aliphatic carbocycles. The molecule has 0 amide bonds. The molecule has 4 aliphatic rings. The predicted molar refractivity (Wildman–Crippen MR) is 125 cm³/mol. The summed E-state index contributed by atoms with van der Waals surface area (Å²) in [6, 6.07) is 8.12. The lowest BCUT2D eigenvalue weighted by molar-refractivity contribution is -0.341. The van der Waals surface area contributed by atoms with Gasteiger partial charge in [0.1, 0.15) is 0 Å². The Balaban J connectivity index is 1.69. The molecule has 0 radical (unpaired) electrons. The molecule has 0 spiro atoms. The van der Waals surface area contributed by atoms with Crippen molar-refractivity contribution in [3.05, 3.63) is 70.3 Å². The molecule has 0 heterocycles. The van der Waals surface area contributed by atoms with E-state index in [0.717, 1.165) is 42.4 Å². The van der Waals surface area contributed by atoms with Crippen LogP contribution >= 0.6 is 0 Å². The molecule has 0 nitrogen and oxygen atoms in total. The average Bonchev–Trinajstić information content (AvgIpc) is 3.04. The summed E-state index contributed by atoms with van der Waals surface area (Å²) in [6.45, 7) is 9.09. The van der Waals surface area contributed by atoms with Crippen LogP contribution in [0.4, 0.5) is 22.0 Å². The third-order valence-electron chi connectivity index (χ3n) is 9.99. The molecule has 2 saturated carbocycles.